The van der Waals surface area contributed by atoms with Gasteiger partial charge in [-0.25, -0.2) is 4.98 Å². The Morgan fingerprint density at radius 3 is 2.44 bits per heavy atom. The zero-order valence-electron chi connectivity index (χ0n) is 26.4. The zero-order chi connectivity index (χ0) is 32.9. The van der Waals surface area contributed by atoms with Gasteiger partial charge in [0.15, 0.2) is 10.6 Å². The number of rotatable bonds is 10. The first-order valence-electron chi connectivity index (χ1n) is 15.9. The summed E-state index contributed by atoms with van der Waals surface area (Å²) in [7, 11) is 0. The number of aliphatic hydroxyl groups is 1. The van der Waals surface area contributed by atoms with Gasteiger partial charge in [0.05, 0.1) is 34.6 Å². The predicted octanol–water partition coefficient (Wildman–Crippen LogP) is 8.36. The molecular formula is C39H35N3O4S2. The molecule has 0 bridgehead atoms. The van der Waals surface area contributed by atoms with Crippen LogP contribution in [0.3, 0.4) is 0 Å². The van der Waals surface area contributed by atoms with Crippen LogP contribution in [0.15, 0.2) is 126 Å². The molecule has 0 spiro atoms. The number of fused-ring (bicyclic) bond motifs is 1. The summed E-state index contributed by atoms with van der Waals surface area (Å²) >= 11 is 3.43. The number of nitrogens with one attached hydrogen (secondary N) is 1. The number of hydrogen-bond acceptors (Lipinski definition) is 8. The van der Waals surface area contributed by atoms with Gasteiger partial charge in [-0.15, -0.1) is 11.3 Å². The van der Waals surface area contributed by atoms with Crippen molar-refractivity contribution in [2.45, 2.75) is 42.9 Å². The van der Waals surface area contributed by atoms with Gasteiger partial charge < -0.3 is 19.9 Å². The Morgan fingerprint density at radius 1 is 0.896 bits per heavy atom. The minimum Gasteiger partial charge on any atom is -0.392 e. The average molecular weight is 674 g/mol. The first-order valence-corrected chi connectivity index (χ1v) is 17.7. The number of amides is 1. The highest BCUT2D eigenvalue weighted by molar-refractivity contribution is 8.01. The third-order valence-electron chi connectivity index (χ3n) is 8.64. The van der Waals surface area contributed by atoms with E-state index in [2.05, 4.69) is 53.6 Å². The first kappa shape index (κ1) is 32.2. The molecule has 1 saturated heterocycles. The van der Waals surface area contributed by atoms with Gasteiger partial charge >= 0.3 is 0 Å². The van der Waals surface area contributed by atoms with Crippen LogP contribution in [0.25, 0.3) is 21.3 Å². The Kier molecular flexibility index (Phi) is 9.92. The summed E-state index contributed by atoms with van der Waals surface area (Å²) in [6.45, 7) is 2.57. The maximum absolute atomic E-state index is 12.7. The second-order valence-corrected chi connectivity index (χ2v) is 14.1. The van der Waals surface area contributed by atoms with Crippen LogP contribution in [0, 0.1) is 5.92 Å². The fraction of sp³-hybridized carbons (Fsp3) is 0.205. The fourth-order valence-electron chi connectivity index (χ4n) is 5.93. The van der Waals surface area contributed by atoms with E-state index in [1.165, 1.54) is 4.70 Å². The molecule has 1 aliphatic rings. The highest BCUT2D eigenvalue weighted by Crippen LogP contribution is 2.44. The summed E-state index contributed by atoms with van der Waals surface area (Å²) in [5.74, 6) is 0.657. The molecule has 4 atom stereocenters. The predicted molar refractivity (Wildman–Crippen MR) is 191 cm³/mol. The molecule has 1 amide bonds. The normalized spacial score (nSPS) is 19.3. The molecule has 2 N–H and O–H groups in total. The molecule has 0 unspecified atom stereocenters. The van der Waals surface area contributed by atoms with Gasteiger partial charge in [-0.05, 0) is 52.1 Å². The molecule has 7 rings (SSSR count). The Balaban J connectivity index is 1.10. The molecule has 3 heterocycles. The van der Waals surface area contributed by atoms with Crippen LogP contribution in [0.2, 0.25) is 0 Å². The Hall–Kier alpha value is -4.38. The Labute approximate surface area is 288 Å². The van der Waals surface area contributed by atoms with E-state index in [0.717, 1.165) is 49.0 Å². The van der Waals surface area contributed by atoms with E-state index in [1.807, 2.05) is 60.7 Å². The molecule has 48 heavy (non-hydrogen) atoms. The lowest BCUT2D eigenvalue weighted by molar-refractivity contribution is -0.268. The monoisotopic (exact) mass is 673 g/mol. The number of thioether (sulfide) groups is 1. The van der Waals surface area contributed by atoms with Crippen molar-refractivity contribution in [3.63, 3.8) is 0 Å². The van der Waals surface area contributed by atoms with Crippen LogP contribution in [0.5, 0.6) is 0 Å². The molecule has 0 saturated carbocycles. The largest absolute Gasteiger partial charge is 0.392 e. The van der Waals surface area contributed by atoms with Crippen LogP contribution in [0.1, 0.15) is 51.9 Å². The standard InChI is InChI=1S/C39H35N3O4S2/c1-25-34(24-47-39-42-33-10-4-5-11-35(33)48-39)45-38(46-36(25)28-14-12-26(23-43)13-15-28)29-18-16-27(17-19-29)32-9-3-2-7-30(32)22-41-37(44)31-8-6-20-40-21-31/h2-21,25,34,36,38,43H,22-24H2,1H3,(H,41,44)/t25-,34+,36+,38+/m0/s1. The second kappa shape index (κ2) is 14.8. The van der Waals surface area contributed by atoms with Crippen molar-refractivity contribution >= 4 is 39.2 Å². The van der Waals surface area contributed by atoms with E-state index in [4.69, 9.17) is 14.5 Å². The summed E-state index contributed by atoms with van der Waals surface area (Å²) < 4.78 is 15.6. The highest BCUT2D eigenvalue weighted by Gasteiger charge is 2.38. The summed E-state index contributed by atoms with van der Waals surface area (Å²) in [5, 5.41) is 12.6. The first-order chi connectivity index (χ1) is 23.6. The lowest BCUT2D eigenvalue weighted by Crippen LogP contribution is -2.38. The number of benzene rings is 4. The maximum Gasteiger partial charge on any atom is 0.253 e. The minimum absolute atomic E-state index is 0.000872. The van der Waals surface area contributed by atoms with Crippen LogP contribution < -0.4 is 5.32 Å². The molecule has 1 aliphatic heterocycles. The number of aromatic nitrogens is 2. The van der Waals surface area contributed by atoms with Gasteiger partial charge in [-0.1, -0.05) is 104 Å². The van der Waals surface area contributed by atoms with E-state index < -0.39 is 6.29 Å². The van der Waals surface area contributed by atoms with Crippen molar-refractivity contribution < 1.29 is 19.4 Å². The number of hydrogen-bond donors (Lipinski definition) is 2. The van der Waals surface area contributed by atoms with Gasteiger partial charge in [0.1, 0.15) is 0 Å². The van der Waals surface area contributed by atoms with E-state index in [1.54, 1.807) is 47.6 Å². The van der Waals surface area contributed by atoms with Crippen molar-refractivity contribution in [2.24, 2.45) is 5.92 Å². The van der Waals surface area contributed by atoms with Crippen molar-refractivity contribution in [3.8, 4) is 11.1 Å². The van der Waals surface area contributed by atoms with Crippen molar-refractivity contribution in [3.05, 3.63) is 149 Å². The quantitative estimate of drug-likeness (QED) is 0.141. The molecule has 2 aromatic heterocycles. The number of aliphatic hydroxyl groups excluding tert-OH is 1. The maximum atomic E-state index is 12.7. The highest BCUT2D eigenvalue weighted by atomic mass is 32.2. The van der Waals surface area contributed by atoms with Crippen LogP contribution in [-0.2, 0) is 22.6 Å². The number of carbonyl (C=O) groups excluding carboxylic acids is 1. The third-order valence-corrected chi connectivity index (χ3v) is 10.9. The van der Waals surface area contributed by atoms with Gasteiger partial charge in [-0.3, -0.25) is 9.78 Å². The average Bonchev–Trinajstić information content (AvgIpc) is 3.57. The number of ether oxygens (including phenoxy) is 2. The molecule has 0 aliphatic carbocycles. The number of carbonyl (C=O) groups is 1. The number of para-hydroxylation sites is 1. The second-order valence-electron chi connectivity index (χ2n) is 11.8. The zero-order valence-corrected chi connectivity index (χ0v) is 28.0. The van der Waals surface area contributed by atoms with Gasteiger partial charge in [-0.2, -0.15) is 0 Å². The van der Waals surface area contributed by atoms with Crippen molar-refractivity contribution in [1.29, 1.82) is 0 Å². The molecular weight excluding hydrogens is 639 g/mol. The Morgan fingerprint density at radius 2 is 1.67 bits per heavy atom. The summed E-state index contributed by atoms with van der Waals surface area (Å²) in [6.07, 6.45) is 2.37. The number of pyridine rings is 1. The van der Waals surface area contributed by atoms with Gasteiger partial charge in [0.25, 0.3) is 5.91 Å². The third kappa shape index (κ3) is 7.21. The summed E-state index contributed by atoms with van der Waals surface area (Å²) in [5.41, 5.74) is 7.49. The van der Waals surface area contributed by atoms with Gasteiger partial charge in [0.2, 0.25) is 0 Å². The Bertz CT molecular complexity index is 1950. The fourth-order valence-corrected chi connectivity index (χ4v) is 8.18. The van der Waals surface area contributed by atoms with E-state index >= 15 is 0 Å². The molecule has 242 valence electrons. The SMILES string of the molecule is C[C@H]1[C@@H](CSc2nc3ccccc3s2)O[C@@H](c2ccc(-c3ccccc3CNC(=O)c3cccnc3)cc2)O[C@H]1c1ccc(CO)cc1. The summed E-state index contributed by atoms with van der Waals surface area (Å²) in [4.78, 5) is 21.5. The topological polar surface area (TPSA) is 93.6 Å². The molecule has 6 aromatic rings. The van der Waals surface area contributed by atoms with E-state index in [0.29, 0.717) is 12.1 Å². The lowest BCUT2D eigenvalue weighted by atomic mass is 9.91. The van der Waals surface area contributed by atoms with Crippen LogP contribution in [-0.4, -0.2) is 32.8 Å². The molecule has 7 nitrogen and oxygen atoms in total. The molecule has 1 fully saturated rings. The number of thiazole rings is 1. The van der Waals surface area contributed by atoms with Crippen LogP contribution in [0.4, 0.5) is 0 Å². The van der Waals surface area contributed by atoms with Crippen LogP contribution >= 0.6 is 23.1 Å². The molecule has 4 aromatic carbocycles. The minimum atomic E-state index is -0.562. The van der Waals surface area contributed by atoms with Crippen molar-refractivity contribution in [1.82, 2.24) is 15.3 Å². The lowest BCUT2D eigenvalue weighted by Gasteiger charge is -2.41. The molecule has 0 radical (unpaired) electrons. The summed E-state index contributed by atoms with van der Waals surface area (Å²) in [6, 6.07) is 36.1. The van der Waals surface area contributed by atoms with Gasteiger partial charge in [0, 0.05) is 36.2 Å². The molecule has 9 heteroatoms. The number of nitrogens with zero attached hydrogens (tertiary/aromatic N) is 2. The van der Waals surface area contributed by atoms with E-state index in [9.17, 15) is 9.90 Å². The smallest absolute Gasteiger partial charge is 0.253 e. The van der Waals surface area contributed by atoms with E-state index in [-0.39, 0.29) is 30.6 Å². The van der Waals surface area contributed by atoms with Crippen molar-refractivity contribution in [2.75, 3.05) is 5.75 Å².